The van der Waals surface area contributed by atoms with E-state index in [1.165, 1.54) is 24.4 Å². The SMILES string of the molecule is O=C(Nc1ccc(F)cc1C#CCO)c1ccccn1. The highest BCUT2D eigenvalue weighted by Crippen LogP contribution is 2.16. The highest BCUT2D eigenvalue weighted by Gasteiger charge is 2.09. The van der Waals surface area contributed by atoms with Gasteiger partial charge in [0.05, 0.1) is 11.3 Å². The lowest BCUT2D eigenvalue weighted by molar-refractivity contribution is 0.102. The van der Waals surface area contributed by atoms with Gasteiger partial charge in [-0.15, -0.1) is 0 Å². The summed E-state index contributed by atoms with van der Waals surface area (Å²) in [5.74, 6) is 4.12. The van der Waals surface area contributed by atoms with Crippen molar-refractivity contribution in [3.8, 4) is 11.8 Å². The Labute approximate surface area is 115 Å². The molecule has 0 unspecified atom stereocenters. The van der Waals surface area contributed by atoms with Gasteiger partial charge in [-0.3, -0.25) is 9.78 Å². The highest BCUT2D eigenvalue weighted by atomic mass is 19.1. The van der Waals surface area contributed by atoms with E-state index in [0.717, 1.165) is 0 Å². The number of aromatic nitrogens is 1. The molecule has 5 heteroatoms. The van der Waals surface area contributed by atoms with E-state index in [0.29, 0.717) is 11.3 Å². The predicted molar refractivity (Wildman–Crippen MR) is 72.6 cm³/mol. The van der Waals surface area contributed by atoms with Gasteiger partial charge in [-0.05, 0) is 30.3 Å². The normalized spacial score (nSPS) is 9.50. The molecule has 0 bridgehead atoms. The molecule has 0 radical (unpaired) electrons. The van der Waals surface area contributed by atoms with E-state index >= 15 is 0 Å². The lowest BCUT2D eigenvalue weighted by Gasteiger charge is -2.07. The lowest BCUT2D eigenvalue weighted by Crippen LogP contribution is -2.14. The van der Waals surface area contributed by atoms with Gasteiger partial charge in [-0.2, -0.15) is 0 Å². The van der Waals surface area contributed by atoms with Gasteiger partial charge >= 0.3 is 0 Å². The molecule has 1 amide bonds. The molecule has 2 N–H and O–H groups in total. The zero-order valence-corrected chi connectivity index (χ0v) is 10.4. The third-order valence-electron chi connectivity index (χ3n) is 2.43. The summed E-state index contributed by atoms with van der Waals surface area (Å²) >= 11 is 0. The van der Waals surface area contributed by atoms with Gasteiger partial charge in [-0.25, -0.2) is 4.39 Å². The number of hydrogen-bond acceptors (Lipinski definition) is 3. The topological polar surface area (TPSA) is 62.2 Å². The molecule has 1 aromatic carbocycles. The molecular weight excluding hydrogens is 259 g/mol. The van der Waals surface area contributed by atoms with E-state index in [1.54, 1.807) is 18.2 Å². The van der Waals surface area contributed by atoms with Crippen molar-refractivity contribution < 1.29 is 14.3 Å². The fourth-order valence-corrected chi connectivity index (χ4v) is 1.55. The number of benzene rings is 1. The van der Waals surface area contributed by atoms with Crippen LogP contribution in [0, 0.1) is 17.7 Å². The van der Waals surface area contributed by atoms with Crippen molar-refractivity contribution in [3.05, 3.63) is 59.7 Å². The number of nitrogens with zero attached hydrogens (tertiary/aromatic N) is 1. The second-order valence-corrected chi connectivity index (χ2v) is 3.82. The summed E-state index contributed by atoms with van der Waals surface area (Å²) in [6.45, 7) is -0.343. The van der Waals surface area contributed by atoms with E-state index in [-0.39, 0.29) is 12.3 Å². The smallest absolute Gasteiger partial charge is 0.274 e. The number of hydrogen-bond donors (Lipinski definition) is 2. The van der Waals surface area contributed by atoms with Gasteiger partial charge in [-0.1, -0.05) is 17.9 Å². The summed E-state index contributed by atoms with van der Waals surface area (Å²) in [5, 5.41) is 11.3. The van der Waals surface area contributed by atoms with Crippen LogP contribution in [0.25, 0.3) is 0 Å². The number of pyridine rings is 1. The zero-order chi connectivity index (χ0) is 14.4. The Morgan fingerprint density at radius 1 is 1.35 bits per heavy atom. The Hall–Kier alpha value is -2.71. The van der Waals surface area contributed by atoms with Crippen LogP contribution in [0.5, 0.6) is 0 Å². The Balaban J connectivity index is 2.27. The number of rotatable bonds is 2. The average Bonchev–Trinajstić information content (AvgIpc) is 2.48. The van der Waals surface area contributed by atoms with E-state index in [4.69, 9.17) is 5.11 Å². The Bertz CT molecular complexity index is 675. The monoisotopic (exact) mass is 270 g/mol. The first-order valence-corrected chi connectivity index (χ1v) is 5.82. The molecule has 1 heterocycles. The first kappa shape index (κ1) is 13.7. The summed E-state index contributed by atoms with van der Waals surface area (Å²) in [7, 11) is 0. The molecule has 2 aromatic rings. The van der Waals surface area contributed by atoms with Crippen molar-refractivity contribution in [2.45, 2.75) is 0 Å². The second kappa shape index (κ2) is 6.45. The van der Waals surface area contributed by atoms with Crippen LogP contribution in [0.3, 0.4) is 0 Å². The van der Waals surface area contributed by atoms with Crippen LogP contribution in [0.15, 0.2) is 42.6 Å². The molecule has 0 atom stereocenters. The zero-order valence-electron chi connectivity index (χ0n) is 10.4. The van der Waals surface area contributed by atoms with Crippen LogP contribution in [0.1, 0.15) is 16.1 Å². The van der Waals surface area contributed by atoms with Crippen LogP contribution in [0.4, 0.5) is 10.1 Å². The summed E-state index contributed by atoms with van der Waals surface area (Å²) in [4.78, 5) is 15.9. The fraction of sp³-hybridized carbons (Fsp3) is 0.0667. The van der Waals surface area contributed by atoms with Crippen molar-refractivity contribution in [1.82, 2.24) is 4.98 Å². The second-order valence-electron chi connectivity index (χ2n) is 3.82. The Morgan fingerprint density at radius 2 is 2.20 bits per heavy atom. The molecule has 4 nitrogen and oxygen atoms in total. The van der Waals surface area contributed by atoms with Crippen LogP contribution in [-0.2, 0) is 0 Å². The van der Waals surface area contributed by atoms with E-state index < -0.39 is 11.7 Å². The van der Waals surface area contributed by atoms with Gasteiger partial charge in [0.15, 0.2) is 0 Å². The van der Waals surface area contributed by atoms with Crippen molar-refractivity contribution in [2.75, 3.05) is 11.9 Å². The standard InChI is InChI=1S/C15H11FN2O2/c16-12-6-7-13(11(10-12)4-3-9-19)18-15(20)14-5-1-2-8-17-14/h1-2,5-8,10,19H,9H2,(H,18,20). The van der Waals surface area contributed by atoms with Crippen molar-refractivity contribution in [2.24, 2.45) is 0 Å². The van der Waals surface area contributed by atoms with E-state index in [1.807, 2.05) is 0 Å². The van der Waals surface area contributed by atoms with Gasteiger partial charge in [0.1, 0.15) is 18.1 Å². The Morgan fingerprint density at radius 3 is 2.90 bits per heavy atom. The van der Waals surface area contributed by atoms with Gasteiger partial charge in [0, 0.05) is 6.20 Å². The molecular formula is C15H11FN2O2. The van der Waals surface area contributed by atoms with Crippen LogP contribution in [0.2, 0.25) is 0 Å². The molecule has 1 aromatic heterocycles. The number of amides is 1. The summed E-state index contributed by atoms with van der Waals surface area (Å²) in [6.07, 6.45) is 1.51. The molecule has 100 valence electrons. The molecule has 0 aliphatic carbocycles. The molecule has 0 aliphatic rings. The highest BCUT2D eigenvalue weighted by molar-refractivity contribution is 6.03. The number of carbonyl (C=O) groups is 1. The number of anilines is 1. The maximum absolute atomic E-state index is 13.2. The summed E-state index contributed by atoms with van der Waals surface area (Å²) in [5.41, 5.74) is 0.907. The first-order chi connectivity index (χ1) is 9.70. The van der Waals surface area contributed by atoms with Gasteiger partial charge in [0.2, 0.25) is 0 Å². The van der Waals surface area contributed by atoms with Crippen LogP contribution in [-0.4, -0.2) is 22.6 Å². The maximum atomic E-state index is 13.2. The van der Waals surface area contributed by atoms with Crippen LogP contribution < -0.4 is 5.32 Å². The molecule has 2 rings (SSSR count). The minimum atomic E-state index is -0.469. The van der Waals surface area contributed by atoms with Gasteiger partial charge < -0.3 is 10.4 Å². The minimum absolute atomic E-state index is 0.248. The molecule has 20 heavy (non-hydrogen) atoms. The van der Waals surface area contributed by atoms with Gasteiger partial charge in [0.25, 0.3) is 5.91 Å². The number of aliphatic hydroxyl groups is 1. The minimum Gasteiger partial charge on any atom is -0.384 e. The van der Waals surface area contributed by atoms with Crippen molar-refractivity contribution in [3.63, 3.8) is 0 Å². The first-order valence-electron chi connectivity index (χ1n) is 5.82. The molecule has 0 aliphatic heterocycles. The average molecular weight is 270 g/mol. The number of aliphatic hydroxyl groups excluding tert-OH is 1. The van der Waals surface area contributed by atoms with E-state index in [9.17, 15) is 9.18 Å². The molecule has 0 saturated carbocycles. The number of halogens is 1. The third-order valence-corrected chi connectivity index (χ3v) is 2.43. The molecule has 0 saturated heterocycles. The largest absolute Gasteiger partial charge is 0.384 e. The fourth-order valence-electron chi connectivity index (χ4n) is 1.55. The lowest BCUT2D eigenvalue weighted by atomic mass is 10.1. The molecule has 0 fully saturated rings. The van der Waals surface area contributed by atoms with Crippen molar-refractivity contribution >= 4 is 11.6 Å². The number of nitrogens with one attached hydrogen (secondary N) is 1. The maximum Gasteiger partial charge on any atom is 0.274 e. The van der Waals surface area contributed by atoms with E-state index in [2.05, 4.69) is 22.1 Å². The number of carbonyl (C=O) groups excluding carboxylic acids is 1. The quantitative estimate of drug-likeness (QED) is 0.818. The van der Waals surface area contributed by atoms with Crippen LogP contribution >= 0.6 is 0 Å². The Kier molecular flexibility index (Phi) is 4.43. The summed E-state index contributed by atoms with van der Waals surface area (Å²) in [6, 6.07) is 8.79. The summed E-state index contributed by atoms with van der Waals surface area (Å²) < 4.78 is 13.2. The predicted octanol–water partition coefficient (Wildman–Crippen LogP) is 1.82. The third kappa shape index (κ3) is 3.40. The molecule has 0 spiro atoms. The van der Waals surface area contributed by atoms with Crippen molar-refractivity contribution in [1.29, 1.82) is 0 Å².